The van der Waals surface area contributed by atoms with Crippen LogP contribution in [0, 0.1) is 0 Å². The van der Waals surface area contributed by atoms with Gasteiger partial charge in [0, 0.05) is 34.6 Å². The SMILES string of the molecule is CC(=O)O[C@H]1[C@@H](OC(C)=O)[C@@H](CO)O[C@@H](O[C@H]2[C@H](OC(C)=O)[C@@H](OC(C)=O)C(O)O[C@@H]2CO)[C@@H]1OC(C)=O. The molecule has 0 aromatic rings. The molecule has 0 aromatic carbocycles. The molecule has 0 saturated carbocycles. The van der Waals surface area contributed by atoms with E-state index < -0.39 is 104 Å². The van der Waals surface area contributed by atoms with Crippen LogP contribution >= 0.6 is 0 Å². The van der Waals surface area contributed by atoms with E-state index in [0.717, 1.165) is 34.6 Å². The molecular formula is C22H32O16. The van der Waals surface area contributed by atoms with Crippen LogP contribution in [0.4, 0.5) is 0 Å². The highest BCUT2D eigenvalue weighted by Crippen LogP contribution is 2.34. The Morgan fingerprint density at radius 1 is 0.553 bits per heavy atom. The quantitative estimate of drug-likeness (QED) is 0.198. The first kappa shape index (κ1) is 31.3. The summed E-state index contributed by atoms with van der Waals surface area (Å²) in [6.45, 7) is 3.58. The van der Waals surface area contributed by atoms with Crippen LogP contribution in [0.15, 0.2) is 0 Å². The molecule has 2 saturated heterocycles. The van der Waals surface area contributed by atoms with Gasteiger partial charge in [0.05, 0.1) is 13.2 Å². The average Bonchev–Trinajstić information content (AvgIpc) is 2.79. The molecule has 3 N–H and O–H groups in total. The monoisotopic (exact) mass is 552 g/mol. The Morgan fingerprint density at radius 3 is 1.37 bits per heavy atom. The van der Waals surface area contributed by atoms with Gasteiger partial charge in [-0.05, 0) is 0 Å². The third-order valence-corrected chi connectivity index (χ3v) is 5.36. The van der Waals surface area contributed by atoms with Crippen molar-refractivity contribution in [2.24, 2.45) is 0 Å². The molecule has 216 valence electrons. The van der Waals surface area contributed by atoms with Crippen molar-refractivity contribution in [3.05, 3.63) is 0 Å². The minimum Gasteiger partial charge on any atom is -0.456 e. The standard InChI is InChI=1S/C22H32O16/c1-8(25)31-15-14(7-24)37-22(20(35-12(5)29)18(15)33-10(3)27)38-16-13(6-23)36-21(30)19(34-11(4)28)17(16)32-9(2)26/h13-24,30H,6-7H2,1-5H3/t13-,14-,15+,16-,17+,18+,19-,20-,21?,22+/m1/s1. The molecule has 16 heteroatoms. The van der Waals surface area contributed by atoms with Gasteiger partial charge in [-0.15, -0.1) is 0 Å². The Labute approximate surface area is 216 Å². The number of ether oxygens (including phenoxy) is 8. The van der Waals surface area contributed by atoms with E-state index >= 15 is 0 Å². The van der Waals surface area contributed by atoms with Crippen molar-refractivity contribution in [3.63, 3.8) is 0 Å². The zero-order valence-electron chi connectivity index (χ0n) is 21.3. The topological polar surface area (TPSA) is 220 Å². The molecule has 2 fully saturated rings. The largest absolute Gasteiger partial charge is 0.456 e. The van der Waals surface area contributed by atoms with E-state index in [4.69, 9.17) is 37.9 Å². The molecular weight excluding hydrogens is 520 g/mol. The van der Waals surface area contributed by atoms with Crippen LogP contribution in [0.2, 0.25) is 0 Å². The maximum absolute atomic E-state index is 12.0. The lowest BCUT2D eigenvalue weighted by Gasteiger charge is -2.48. The fourth-order valence-corrected chi connectivity index (χ4v) is 4.12. The highest BCUT2D eigenvalue weighted by molar-refractivity contribution is 5.69. The third-order valence-electron chi connectivity index (χ3n) is 5.36. The first-order valence-electron chi connectivity index (χ1n) is 11.5. The lowest BCUT2D eigenvalue weighted by atomic mass is 9.96. The van der Waals surface area contributed by atoms with E-state index in [-0.39, 0.29) is 0 Å². The van der Waals surface area contributed by atoms with Crippen molar-refractivity contribution in [1.29, 1.82) is 0 Å². The van der Waals surface area contributed by atoms with Gasteiger partial charge in [0.1, 0.15) is 18.3 Å². The molecule has 2 aliphatic heterocycles. The Morgan fingerprint density at radius 2 is 0.921 bits per heavy atom. The molecule has 0 spiro atoms. The Hall–Kier alpha value is -2.89. The fourth-order valence-electron chi connectivity index (χ4n) is 4.12. The van der Waals surface area contributed by atoms with Gasteiger partial charge in [0.25, 0.3) is 0 Å². The van der Waals surface area contributed by atoms with Crippen LogP contribution in [-0.2, 0) is 61.9 Å². The van der Waals surface area contributed by atoms with Crippen molar-refractivity contribution in [3.8, 4) is 0 Å². The summed E-state index contributed by atoms with van der Waals surface area (Å²) < 4.78 is 42.9. The van der Waals surface area contributed by atoms with E-state index in [1.54, 1.807) is 0 Å². The summed E-state index contributed by atoms with van der Waals surface area (Å²) in [5.41, 5.74) is 0. The van der Waals surface area contributed by atoms with Crippen molar-refractivity contribution < 1.29 is 77.2 Å². The average molecular weight is 552 g/mol. The summed E-state index contributed by atoms with van der Waals surface area (Å²) in [7, 11) is 0. The second-order valence-electron chi connectivity index (χ2n) is 8.44. The van der Waals surface area contributed by atoms with Gasteiger partial charge < -0.3 is 53.2 Å². The summed E-state index contributed by atoms with van der Waals surface area (Å²) >= 11 is 0. The summed E-state index contributed by atoms with van der Waals surface area (Å²) in [5.74, 6) is -4.34. The Balaban J connectivity index is 2.54. The number of rotatable bonds is 9. The molecule has 38 heavy (non-hydrogen) atoms. The molecule has 16 nitrogen and oxygen atoms in total. The first-order chi connectivity index (χ1) is 17.8. The second-order valence-corrected chi connectivity index (χ2v) is 8.44. The molecule has 2 rings (SSSR count). The number of hydrogen-bond acceptors (Lipinski definition) is 16. The zero-order chi connectivity index (χ0) is 28.7. The maximum atomic E-state index is 12.0. The Kier molecular flexibility index (Phi) is 11.4. The van der Waals surface area contributed by atoms with Crippen LogP contribution in [-0.4, -0.2) is 120 Å². The molecule has 1 unspecified atom stereocenters. The molecule has 0 aliphatic carbocycles. The molecule has 0 bridgehead atoms. The van der Waals surface area contributed by atoms with E-state index in [1.807, 2.05) is 0 Å². The fraction of sp³-hybridized carbons (Fsp3) is 0.773. The molecule has 10 atom stereocenters. The lowest BCUT2D eigenvalue weighted by Crippen LogP contribution is -2.67. The number of aliphatic hydroxyl groups is 3. The summed E-state index contributed by atoms with van der Waals surface area (Å²) in [4.78, 5) is 59.1. The maximum Gasteiger partial charge on any atom is 0.303 e. The first-order valence-corrected chi connectivity index (χ1v) is 11.5. The summed E-state index contributed by atoms with van der Waals surface area (Å²) in [5, 5.41) is 30.2. The van der Waals surface area contributed by atoms with Gasteiger partial charge in [-0.25, -0.2) is 0 Å². The second kappa shape index (κ2) is 13.8. The number of carbonyl (C=O) groups excluding carboxylic acids is 5. The minimum atomic E-state index is -1.84. The van der Waals surface area contributed by atoms with Crippen LogP contribution in [0.1, 0.15) is 34.6 Å². The van der Waals surface area contributed by atoms with Crippen LogP contribution in [0.5, 0.6) is 0 Å². The Bertz CT molecular complexity index is 875. The van der Waals surface area contributed by atoms with E-state index in [9.17, 15) is 39.3 Å². The number of aliphatic hydroxyl groups excluding tert-OH is 3. The van der Waals surface area contributed by atoms with Gasteiger partial charge >= 0.3 is 29.8 Å². The van der Waals surface area contributed by atoms with Gasteiger partial charge in [0.15, 0.2) is 43.1 Å². The van der Waals surface area contributed by atoms with Gasteiger partial charge in [0.2, 0.25) is 0 Å². The molecule has 0 radical (unpaired) electrons. The van der Waals surface area contributed by atoms with Crippen molar-refractivity contribution in [2.75, 3.05) is 13.2 Å². The zero-order valence-corrected chi connectivity index (χ0v) is 21.3. The minimum absolute atomic E-state index is 0.783. The normalized spacial score (nSPS) is 34.9. The predicted octanol–water partition coefficient (Wildman–Crippen LogP) is -2.54. The molecule has 2 aliphatic rings. The smallest absolute Gasteiger partial charge is 0.303 e. The van der Waals surface area contributed by atoms with E-state index in [2.05, 4.69) is 0 Å². The lowest BCUT2D eigenvalue weighted by molar-refractivity contribution is -0.357. The van der Waals surface area contributed by atoms with Crippen LogP contribution < -0.4 is 0 Å². The van der Waals surface area contributed by atoms with Crippen LogP contribution in [0.25, 0.3) is 0 Å². The van der Waals surface area contributed by atoms with Crippen molar-refractivity contribution in [2.45, 2.75) is 96.0 Å². The third kappa shape index (κ3) is 8.05. The van der Waals surface area contributed by atoms with Crippen LogP contribution in [0.3, 0.4) is 0 Å². The molecule has 0 amide bonds. The van der Waals surface area contributed by atoms with Gasteiger partial charge in [-0.3, -0.25) is 24.0 Å². The summed E-state index contributed by atoms with van der Waals surface area (Å²) in [6, 6.07) is 0. The highest BCUT2D eigenvalue weighted by atomic mass is 16.8. The number of esters is 5. The predicted molar refractivity (Wildman–Crippen MR) is 116 cm³/mol. The number of hydrogen-bond donors (Lipinski definition) is 3. The van der Waals surface area contributed by atoms with E-state index in [0.29, 0.717) is 0 Å². The van der Waals surface area contributed by atoms with Crippen molar-refractivity contribution >= 4 is 29.8 Å². The molecule has 0 aromatic heterocycles. The molecule has 2 heterocycles. The van der Waals surface area contributed by atoms with E-state index in [1.165, 1.54) is 0 Å². The van der Waals surface area contributed by atoms with Gasteiger partial charge in [-0.1, -0.05) is 0 Å². The highest BCUT2D eigenvalue weighted by Gasteiger charge is 2.56. The van der Waals surface area contributed by atoms with Crippen molar-refractivity contribution in [1.82, 2.24) is 0 Å². The number of carbonyl (C=O) groups is 5. The van der Waals surface area contributed by atoms with Gasteiger partial charge in [-0.2, -0.15) is 0 Å². The summed E-state index contributed by atoms with van der Waals surface area (Å²) in [6.07, 6.45) is -15.7.